The molecule has 0 fully saturated rings. The number of nitrogens with two attached hydrogens (primary N) is 1. The molecule has 0 heterocycles. The Kier molecular flexibility index (Phi) is 4.35. The van der Waals surface area contributed by atoms with Gasteiger partial charge in [0, 0.05) is 11.4 Å². The van der Waals surface area contributed by atoms with Crippen molar-refractivity contribution in [1.29, 1.82) is 0 Å². The highest BCUT2D eigenvalue weighted by atomic mass is 16.1. The van der Waals surface area contributed by atoms with Crippen molar-refractivity contribution < 1.29 is 4.79 Å². The van der Waals surface area contributed by atoms with E-state index < -0.39 is 0 Å². The molecule has 2 aromatic rings. The van der Waals surface area contributed by atoms with E-state index in [2.05, 4.69) is 11.9 Å². The Bertz CT molecular complexity index is 645. The minimum atomic E-state index is -0.253. The lowest BCUT2D eigenvalue weighted by Crippen LogP contribution is -2.07. The van der Waals surface area contributed by atoms with Crippen LogP contribution in [0.25, 0.3) is 12.2 Å². The molecule has 0 bridgehead atoms. The summed E-state index contributed by atoms with van der Waals surface area (Å²) in [7, 11) is 0. The third kappa shape index (κ3) is 3.59. The zero-order chi connectivity index (χ0) is 14.4. The van der Waals surface area contributed by atoms with Crippen molar-refractivity contribution in [2.24, 2.45) is 0 Å². The predicted molar refractivity (Wildman–Crippen MR) is 85.1 cm³/mol. The zero-order valence-corrected chi connectivity index (χ0v) is 11.0. The molecule has 20 heavy (non-hydrogen) atoms. The first kappa shape index (κ1) is 13.6. The van der Waals surface area contributed by atoms with Gasteiger partial charge in [-0.3, -0.25) is 4.79 Å². The minimum Gasteiger partial charge on any atom is -0.398 e. The van der Waals surface area contributed by atoms with Crippen LogP contribution in [0.1, 0.15) is 11.1 Å². The first-order chi connectivity index (χ1) is 9.69. The number of anilines is 2. The predicted octanol–water partition coefficient (Wildman–Crippen LogP) is 3.56. The van der Waals surface area contributed by atoms with Crippen LogP contribution in [0.4, 0.5) is 11.4 Å². The molecule has 0 aromatic heterocycles. The lowest BCUT2D eigenvalue weighted by atomic mass is 10.1. The Morgan fingerprint density at radius 1 is 1.10 bits per heavy atom. The molecule has 0 saturated carbocycles. The Morgan fingerprint density at radius 3 is 2.50 bits per heavy atom. The Balaban J connectivity index is 2.16. The van der Waals surface area contributed by atoms with E-state index in [9.17, 15) is 4.79 Å². The van der Waals surface area contributed by atoms with Crippen LogP contribution in [0, 0.1) is 0 Å². The molecule has 0 radical (unpaired) electrons. The van der Waals surface area contributed by atoms with E-state index in [1.54, 1.807) is 6.07 Å². The van der Waals surface area contributed by atoms with Crippen LogP contribution < -0.4 is 11.1 Å². The number of nitrogens with one attached hydrogen (secondary N) is 1. The minimum absolute atomic E-state index is 0.253. The van der Waals surface area contributed by atoms with Gasteiger partial charge in [-0.2, -0.15) is 0 Å². The fourth-order valence-corrected chi connectivity index (χ4v) is 1.75. The van der Waals surface area contributed by atoms with Gasteiger partial charge < -0.3 is 11.1 Å². The highest BCUT2D eigenvalue weighted by molar-refractivity contribution is 5.99. The molecule has 0 saturated heterocycles. The second kappa shape index (κ2) is 6.38. The Morgan fingerprint density at radius 2 is 1.85 bits per heavy atom. The lowest BCUT2D eigenvalue weighted by Gasteiger charge is -2.06. The molecule has 2 rings (SSSR count). The van der Waals surface area contributed by atoms with E-state index in [4.69, 9.17) is 5.73 Å². The Hall–Kier alpha value is -2.81. The number of amides is 1. The smallest absolute Gasteiger partial charge is 0.247 e. The van der Waals surface area contributed by atoms with Crippen molar-refractivity contribution in [2.75, 3.05) is 11.1 Å². The number of benzene rings is 2. The number of hydrogen-bond donors (Lipinski definition) is 2. The lowest BCUT2D eigenvalue weighted by molar-refractivity contribution is -0.111. The molecule has 2 aromatic carbocycles. The van der Waals surface area contributed by atoms with Crippen molar-refractivity contribution in [3.63, 3.8) is 0 Å². The average molecular weight is 264 g/mol. The highest BCUT2D eigenvalue weighted by Crippen LogP contribution is 2.20. The summed E-state index contributed by atoms with van der Waals surface area (Å²) in [6.45, 7) is 3.41. The fourth-order valence-electron chi connectivity index (χ4n) is 1.75. The molecule has 100 valence electrons. The molecule has 0 unspecified atom stereocenters. The number of carbonyl (C=O) groups is 1. The second-order valence-corrected chi connectivity index (χ2v) is 4.28. The summed E-state index contributed by atoms with van der Waals surface area (Å²) in [5, 5.41) is 2.67. The summed E-state index contributed by atoms with van der Waals surface area (Å²) in [6.07, 6.45) is 5.16. The average Bonchev–Trinajstić information content (AvgIpc) is 2.47. The maximum absolute atomic E-state index is 11.2. The number of nitrogen functional groups attached to an aromatic ring is 1. The van der Waals surface area contributed by atoms with E-state index >= 15 is 0 Å². The molecule has 1 amide bonds. The normalized spacial score (nSPS) is 10.4. The van der Waals surface area contributed by atoms with E-state index in [1.807, 2.05) is 54.6 Å². The molecule has 3 nitrogen and oxygen atoms in total. The van der Waals surface area contributed by atoms with E-state index in [1.165, 1.54) is 6.08 Å². The summed E-state index contributed by atoms with van der Waals surface area (Å²) in [5.41, 5.74) is 9.26. The number of rotatable bonds is 4. The summed E-state index contributed by atoms with van der Waals surface area (Å²) in [6, 6.07) is 15.4. The van der Waals surface area contributed by atoms with E-state index in [0.29, 0.717) is 11.4 Å². The quantitative estimate of drug-likeness (QED) is 0.504. The molecular formula is C17H16N2O. The SMILES string of the molecule is C=CC(=O)Nc1ccc(C=Cc2ccccc2)c(N)c1. The van der Waals surface area contributed by atoms with Crippen LogP contribution in [-0.4, -0.2) is 5.91 Å². The van der Waals surface area contributed by atoms with Crippen molar-refractivity contribution in [2.45, 2.75) is 0 Å². The van der Waals surface area contributed by atoms with Gasteiger partial charge >= 0.3 is 0 Å². The first-order valence-corrected chi connectivity index (χ1v) is 6.25. The van der Waals surface area contributed by atoms with Crippen LogP contribution in [-0.2, 0) is 4.79 Å². The second-order valence-electron chi connectivity index (χ2n) is 4.28. The summed E-state index contributed by atoms with van der Waals surface area (Å²) in [4.78, 5) is 11.2. The van der Waals surface area contributed by atoms with Gasteiger partial charge in [-0.1, -0.05) is 55.1 Å². The van der Waals surface area contributed by atoms with Crippen LogP contribution in [0.15, 0.2) is 61.2 Å². The van der Waals surface area contributed by atoms with Crippen molar-refractivity contribution in [3.05, 3.63) is 72.3 Å². The monoisotopic (exact) mass is 264 g/mol. The standard InChI is InChI=1S/C17H16N2O/c1-2-17(20)19-15-11-10-14(16(18)12-15)9-8-13-6-4-3-5-7-13/h2-12H,1,18H2,(H,19,20). The van der Waals surface area contributed by atoms with Crippen molar-refractivity contribution >= 4 is 29.4 Å². The Labute approximate surface area is 118 Å². The van der Waals surface area contributed by atoms with Crippen LogP contribution in [0.3, 0.4) is 0 Å². The number of carbonyl (C=O) groups excluding carboxylic acids is 1. The topological polar surface area (TPSA) is 55.1 Å². The van der Waals surface area contributed by atoms with Crippen LogP contribution in [0.2, 0.25) is 0 Å². The molecule has 3 heteroatoms. The maximum atomic E-state index is 11.2. The first-order valence-electron chi connectivity index (χ1n) is 6.25. The van der Waals surface area contributed by atoms with Gasteiger partial charge in [0.1, 0.15) is 0 Å². The van der Waals surface area contributed by atoms with Gasteiger partial charge in [-0.15, -0.1) is 0 Å². The van der Waals surface area contributed by atoms with Crippen LogP contribution in [0.5, 0.6) is 0 Å². The maximum Gasteiger partial charge on any atom is 0.247 e. The van der Waals surface area contributed by atoms with E-state index in [0.717, 1.165) is 11.1 Å². The molecule has 0 aliphatic carbocycles. The third-order valence-electron chi connectivity index (χ3n) is 2.79. The van der Waals surface area contributed by atoms with E-state index in [-0.39, 0.29) is 5.91 Å². The number of hydrogen-bond acceptors (Lipinski definition) is 2. The molecule has 0 atom stereocenters. The van der Waals surface area contributed by atoms with Gasteiger partial charge in [-0.25, -0.2) is 0 Å². The van der Waals surface area contributed by atoms with Gasteiger partial charge in [0.15, 0.2) is 0 Å². The largest absolute Gasteiger partial charge is 0.398 e. The van der Waals surface area contributed by atoms with Gasteiger partial charge in [0.2, 0.25) is 5.91 Å². The summed E-state index contributed by atoms with van der Waals surface area (Å²) >= 11 is 0. The molecular weight excluding hydrogens is 248 g/mol. The van der Waals surface area contributed by atoms with Gasteiger partial charge in [0.05, 0.1) is 0 Å². The molecule has 0 aliphatic heterocycles. The summed E-state index contributed by atoms with van der Waals surface area (Å²) in [5.74, 6) is -0.253. The van der Waals surface area contributed by atoms with Gasteiger partial charge in [0.25, 0.3) is 0 Å². The van der Waals surface area contributed by atoms with Gasteiger partial charge in [-0.05, 0) is 29.3 Å². The van der Waals surface area contributed by atoms with Crippen molar-refractivity contribution in [1.82, 2.24) is 0 Å². The molecule has 3 N–H and O–H groups in total. The molecule has 0 aliphatic rings. The third-order valence-corrected chi connectivity index (χ3v) is 2.79. The van der Waals surface area contributed by atoms with Crippen molar-refractivity contribution in [3.8, 4) is 0 Å². The summed E-state index contributed by atoms with van der Waals surface area (Å²) < 4.78 is 0. The zero-order valence-electron chi connectivity index (χ0n) is 11.0. The fraction of sp³-hybridized carbons (Fsp3) is 0. The highest BCUT2D eigenvalue weighted by Gasteiger charge is 2.00. The molecule has 0 spiro atoms. The van der Waals surface area contributed by atoms with Crippen LogP contribution >= 0.6 is 0 Å².